The molecular weight excluding hydrogens is 270 g/mol. The van der Waals surface area contributed by atoms with Gasteiger partial charge in [-0.1, -0.05) is 13.8 Å². The van der Waals surface area contributed by atoms with E-state index < -0.39 is 5.97 Å². The van der Waals surface area contributed by atoms with Crippen LogP contribution in [-0.4, -0.2) is 29.6 Å². The zero-order valence-electron chi connectivity index (χ0n) is 13.2. The fourth-order valence-electron chi connectivity index (χ4n) is 1.85. The Morgan fingerprint density at radius 3 is 2.57 bits per heavy atom. The first-order valence-corrected chi connectivity index (χ1v) is 7.22. The van der Waals surface area contributed by atoms with Gasteiger partial charge in [-0.05, 0) is 32.3 Å². The van der Waals surface area contributed by atoms with Crippen molar-refractivity contribution in [3.8, 4) is 0 Å². The SMILES string of the molecule is CC(C)CCNC(=O)COC(=O)c1cc(N)cn1C(C)C. The number of aromatic nitrogens is 1. The van der Waals surface area contributed by atoms with E-state index in [9.17, 15) is 9.59 Å². The molecule has 0 aliphatic rings. The van der Waals surface area contributed by atoms with Crippen LogP contribution in [0, 0.1) is 5.92 Å². The predicted molar refractivity (Wildman–Crippen MR) is 82.0 cm³/mol. The monoisotopic (exact) mass is 295 g/mol. The molecule has 3 N–H and O–H groups in total. The van der Waals surface area contributed by atoms with Crippen LogP contribution in [0.1, 0.15) is 50.6 Å². The van der Waals surface area contributed by atoms with E-state index in [0.717, 1.165) is 6.42 Å². The number of esters is 1. The van der Waals surface area contributed by atoms with Crippen LogP contribution in [0.2, 0.25) is 0 Å². The van der Waals surface area contributed by atoms with Crippen molar-refractivity contribution in [2.45, 2.75) is 40.2 Å². The number of amides is 1. The van der Waals surface area contributed by atoms with Crippen LogP contribution < -0.4 is 11.1 Å². The van der Waals surface area contributed by atoms with Gasteiger partial charge in [0.05, 0.1) is 5.69 Å². The van der Waals surface area contributed by atoms with Gasteiger partial charge in [0.15, 0.2) is 6.61 Å². The minimum atomic E-state index is -0.542. The fraction of sp³-hybridized carbons (Fsp3) is 0.600. The van der Waals surface area contributed by atoms with Gasteiger partial charge in [0.25, 0.3) is 5.91 Å². The number of rotatable bonds is 7. The molecule has 1 rings (SSSR count). The summed E-state index contributed by atoms with van der Waals surface area (Å²) in [6.45, 7) is 8.35. The van der Waals surface area contributed by atoms with Crippen LogP contribution in [-0.2, 0) is 9.53 Å². The molecular formula is C15H25N3O3. The molecule has 0 radical (unpaired) electrons. The molecule has 1 aromatic heterocycles. The first-order valence-electron chi connectivity index (χ1n) is 7.22. The lowest BCUT2D eigenvalue weighted by atomic mass is 10.1. The highest BCUT2D eigenvalue weighted by Gasteiger charge is 2.17. The molecule has 0 saturated carbocycles. The van der Waals surface area contributed by atoms with Crippen molar-refractivity contribution in [1.82, 2.24) is 9.88 Å². The lowest BCUT2D eigenvalue weighted by Crippen LogP contribution is -2.30. The van der Waals surface area contributed by atoms with E-state index in [2.05, 4.69) is 19.2 Å². The number of nitrogens with one attached hydrogen (secondary N) is 1. The number of carbonyl (C=O) groups is 2. The Kier molecular flexibility index (Phi) is 6.27. The number of nitrogen functional groups attached to an aromatic ring is 1. The predicted octanol–water partition coefficient (Wildman–Crippen LogP) is 1.97. The summed E-state index contributed by atoms with van der Waals surface area (Å²) in [4.78, 5) is 23.6. The second kappa shape index (κ2) is 7.71. The molecule has 0 fully saturated rings. The number of hydrogen-bond donors (Lipinski definition) is 2. The second-order valence-electron chi connectivity index (χ2n) is 5.77. The third-order valence-electron chi connectivity index (χ3n) is 3.01. The molecule has 0 unspecified atom stereocenters. The van der Waals surface area contributed by atoms with E-state index in [1.807, 2.05) is 13.8 Å². The number of carbonyl (C=O) groups excluding carboxylic acids is 2. The highest BCUT2D eigenvalue weighted by Crippen LogP contribution is 2.17. The molecule has 0 spiro atoms. The van der Waals surface area contributed by atoms with Crippen molar-refractivity contribution in [2.24, 2.45) is 5.92 Å². The van der Waals surface area contributed by atoms with Crippen LogP contribution in [0.4, 0.5) is 5.69 Å². The molecule has 118 valence electrons. The summed E-state index contributed by atoms with van der Waals surface area (Å²) in [6, 6.07) is 1.64. The van der Waals surface area contributed by atoms with Crippen molar-refractivity contribution >= 4 is 17.6 Å². The normalized spacial score (nSPS) is 11.0. The second-order valence-corrected chi connectivity index (χ2v) is 5.77. The molecule has 0 bridgehead atoms. The molecule has 6 nitrogen and oxygen atoms in total. The summed E-state index contributed by atoms with van der Waals surface area (Å²) in [5, 5.41) is 2.72. The van der Waals surface area contributed by atoms with Crippen LogP contribution >= 0.6 is 0 Å². The van der Waals surface area contributed by atoms with Gasteiger partial charge in [-0.15, -0.1) is 0 Å². The first-order chi connectivity index (χ1) is 9.81. The van der Waals surface area contributed by atoms with Gasteiger partial charge in [0.1, 0.15) is 5.69 Å². The maximum absolute atomic E-state index is 12.0. The van der Waals surface area contributed by atoms with E-state index >= 15 is 0 Å². The molecule has 0 atom stereocenters. The van der Waals surface area contributed by atoms with Crippen LogP contribution in [0.25, 0.3) is 0 Å². The Morgan fingerprint density at radius 2 is 2.00 bits per heavy atom. The molecule has 21 heavy (non-hydrogen) atoms. The van der Waals surface area contributed by atoms with Crippen LogP contribution in [0.3, 0.4) is 0 Å². The van der Waals surface area contributed by atoms with Gasteiger partial charge < -0.3 is 20.4 Å². The molecule has 0 saturated heterocycles. The number of nitrogens with two attached hydrogens (primary N) is 1. The number of anilines is 1. The van der Waals surface area contributed by atoms with Crippen molar-refractivity contribution in [3.05, 3.63) is 18.0 Å². The van der Waals surface area contributed by atoms with Crippen molar-refractivity contribution in [3.63, 3.8) is 0 Å². The van der Waals surface area contributed by atoms with E-state index in [1.165, 1.54) is 0 Å². The van der Waals surface area contributed by atoms with E-state index in [4.69, 9.17) is 10.5 Å². The quantitative estimate of drug-likeness (QED) is 0.753. The van der Waals surface area contributed by atoms with Gasteiger partial charge in [-0.2, -0.15) is 0 Å². The van der Waals surface area contributed by atoms with E-state index in [1.54, 1.807) is 16.8 Å². The van der Waals surface area contributed by atoms with Crippen molar-refractivity contribution in [1.29, 1.82) is 0 Å². The Labute approximate surface area is 125 Å². The summed E-state index contributed by atoms with van der Waals surface area (Å²) < 4.78 is 6.75. The Balaban J connectivity index is 2.49. The van der Waals surface area contributed by atoms with Crippen LogP contribution in [0.15, 0.2) is 12.3 Å². The fourth-order valence-corrected chi connectivity index (χ4v) is 1.85. The largest absolute Gasteiger partial charge is 0.451 e. The van der Waals surface area contributed by atoms with Crippen LogP contribution in [0.5, 0.6) is 0 Å². The molecule has 0 aromatic carbocycles. The smallest absolute Gasteiger partial charge is 0.355 e. The zero-order valence-corrected chi connectivity index (χ0v) is 13.2. The molecule has 6 heteroatoms. The minimum absolute atomic E-state index is 0.0877. The van der Waals surface area contributed by atoms with Crippen molar-refractivity contribution in [2.75, 3.05) is 18.9 Å². The summed E-state index contributed by atoms with van der Waals surface area (Å²) >= 11 is 0. The summed E-state index contributed by atoms with van der Waals surface area (Å²) in [5.41, 5.74) is 6.55. The summed E-state index contributed by atoms with van der Waals surface area (Å²) in [7, 11) is 0. The third-order valence-corrected chi connectivity index (χ3v) is 3.01. The van der Waals surface area contributed by atoms with E-state index in [0.29, 0.717) is 23.8 Å². The van der Waals surface area contributed by atoms with Gasteiger partial charge >= 0.3 is 5.97 Å². The Hall–Kier alpha value is -1.98. The van der Waals surface area contributed by atoms with Gasteiger partial charge in [0, 0.05) is 18.8 Å². The van der Waals surface area contributed by atoms with Gasteiger partial charge in [0.2, 0.25) is 0 Å². The lowest BCUT2D eigenvalue weighted by Gasteiger charge is -2.12. The lowest BCUT2D eigenvalue weighted by molar-refractivity contribution is -0.124. The molecule has 1 amide bonds. The highest BCUT2D eigenvalue weighted by molar-refractivity contribution is 5.91. The third kappa shape index (κ3) is 5.49. The Bertz CT molecular complexity index is 492. The average Bonchev–Trinajstić information content (AvgIpc) is 2.78. The molecule has 1 heterocycles. The van der Waals surface area contributed by atoms with Crippen molar-refractivity contribution < 1.29 is 14.3 Å². The highest BCUT2D eigenvalue weighted by atomic mass is 16.5. The number of hydrogen-bond acceptors (Lipinski definition) is 4. The van der Waals surface area contributed by atoms with E-state index in [-0.39, 0.29) is 18.6 Å². The molecule has 0 aliphatic heterocycles. The summed E-state index contributed by atoms with van der Waals surface area (Å²) in [6.07, 6.45) is 2.58. The summed E-state index contributed by atoms with van der Waals surface area (Å²) in [5.74, 6) is -0.316. The molecule has 0 aliphatic carbocycles. The minimum Gasteiger partial charge on any atom is -0.451 e. The topological polar surface area (TPSA) is 86.3 Å². The maximum atomic E-state index is 12.0. The average molecular weight is 295 g/mol. The van der Waals surface area contributed by atoms with Gasteiger partial charge in [-0.3, -0.25) is 4.79 Å². The first kappa shape index (κ1) is 17.1. The standard InChI is InChI=1S/C15H25N3O3/c1-10(2)5-6-17-14(19)9-21-15(20)13-7-12(16)8-18(13)11(3)4/h7-8,10-11H,5-6,9,16H2,1-4H3,(H,17,19). The molecule has 1 aromatic rings. The Morgan fingerprint density at radius 1 is 1.33 bits per heavy atom. The number of ether oxygens (including phenoxy) is 1. The maximum Gasteiger partial charge on any atom is 0.355 e. The van der Waals surface area contributed by atoms with Gasteiger partial charge in [-0.25, -0.2) is 4.79 Å². The number of nitrogens with zero attached hydrogens (tertiary/aromatic N) is 1. The zero-order chi connectivity index (χ0) is 16.0.